The first-order valence-corrected chi connectivity index (χ1v) is 8.17. The number of aryl methyl sites for hydroxylation is 1. The van der Waals surface area contributed by atoms with Gasteiger partial charge in [-0.05, 0) is 30.2 Å². The fourth-order valence-corrected chi connectivity index (χ4v) is 2.96. The van der Waals surface area contributed by atoms with E-state index in [1.165, 1.54) is 5.56 Å². The van der Waals surface area contributed by atoms with Crippen LogP contribution in [0.1, 0.15) is 16.8 Å². The molecule has 1 aliphatic heterocycles. The Kier molecular flexibility index (Phi) is 5.03. The molecular formula is C19H23N3O. The van der Waals surface area contributed by atoms with Crippen LogP contribution in [0.4, 0.5) is 0 Å². The number of amides is 1. The quantitative estimate of drug-likeness (QED) is 0.869. The van der Waals surface area contributed by atoms with E-state index in [9.17, 15) is 4.79 Å². The zero-order valence-corrected chi connectivity index (χ0v) is 13.6. The number of benzene rings is 1. The molecule has 2 heterocycles. The van der Waals surface area contributed by atoms with Crippen molar-refractivity contribution in [1.82, 2.24) is 14.8 Å². The van der Waals surface area contributed by atoms with Crippen LogP contribution in [-0.2, 0) is 17.8 Å². The summed E-state index contributed by atoms with van der Waals surface area (Å²) in [5.74, 6) is 0.233. The van der Waals surface area contributed by atoms with Gasteiger partial charge in [0.25, 0.3) is 0 Å². The molecule has 120 valence electrons. The summed E-state index contributed by atoms with van der Waals surface area (Å²) in [5.41, 5.74) is 3.41. The number of hydrogen-bond donors (Lipinski definition) is 0. The number of pyridine rings is 1. The average molecular weight is 309 g/mol. The molecule has 0 saturated carbocycles. The van der Waals surface area contributed by atoms with Gasteiger partial charge in [-0.15, -0.1) is 0 Å². The number of carbonyl (C=O) groups is 1. The van der Waals surface area contributed by atoms with E-state index in [1.807, 2.05) is 41.4 Å². The van der Waals surface area contributed by atoms with Crippen LogP contribution >= 0.6 is 0 Å². The fourth-order valence-electron chi connectivity index (χ4n) is 2.96. The number of aromatic nitrogens is 1. The fraction of sp³-hybridized carbons (Fsp3) is 0.368. The van der Waals surface area contributed by atoms with Crippen LogP contribution in [0.15, 0.2) is 48.7 Å². The van der Waals surface area contributed by atoms with Crippen molar-refractivity contribution in [3.05, 3.63) is 65.5 Å². The molecule has 0 radical (unpaired) electrons. The number of piperazine rings is 1. The Morgan fingerprint density at radius 3 is 2.48 bits per heavy atom. The molecule has 1 amide bonds. The van der Waals surface area contributed by atoms with Crippen molar-refractivity contribution in [2.24, 2.45) is 0 Å². The van der Waals surface area contributed by atoms with E-state index in [2.05, 4.69) is 28.9 Å². The first-order valence-electron chi connectivity index (χ1n) is 8.17. The molecular weight excluding hydrogens is 286 g/mol. The highest BCUT2D eigenvalue weighted by Crippen LogP contribution is 2.12. The summed E-state index contributed by atoms with van der Waals surface area (Å²) in [7, 11) is 0. The second-order valence-corrected chi connectivity index (χ2v) is 6.08. The van der Waals surface area contributed by atoms with Gasteiger partial charge in [0.05, 0.1) is 12.1 Å². The van der Waals surface area contributed by atoms with Crippen LogP contribution in [0.25, 0.3) is 0 Å². The maximum atomic E-state index is 12.5. The summed E-state index contributed by atoms with van der Waals surface area (Å²) in [6, 6.07) is 14.1. The van der Waals surface area contributed by atoms with Crippen molar-refractivity contribution in [2.75, 3.05) is 26.2 Å². The van der Waals surface area contributed by atoms with Crippen LogP contribution in [0.3, 0.4) is 0 Å². The van der Waals surface area contributed by atoms with Crippen molar-refractivity contribution < 1.29 is 4.79 Å². The number of carbonyl (C=O) groups excluding carboxylic acids is 1. The van der Waals surface area contributed by atoms with Crippen LogP contribution in [0, 0.1) is 6.92 Å². The minimum atomic E-state index is 0.233. The predicted octanol–water partition coefficient (Wildman–Crippen LogP) is 2.28. The third-order valence-corrected chi connectivity index (χ3v) is 4.44. The number of rotatable bonds is 4. The predicted molar refractivity (Wildman–Crippen MR) is 91.0 cm³/mol. The molecule has 4 nitrogen and oxygen atoms in total. The smallest absolute Gasteiger partial charge is 0.227 e. The lowest BCUT2D eigenvalue weighted by molar-refractivity contribution is -0.132. The van der Waals surface area contributed by atoms with Crippen molar-refractivity contribution in [1.29, 1.82) is 0 Å². The van der Waals surface area contributed by atoms with Gasteiger partial charge in [0.2, 0.25) is 5.91 Å². The van der Waals surface area contributed by atoms with E-state index >= 15 is 0 Å². The first kappa shape index (κ1) is 15.7. The van der Waals surface area contributed by atoms with Crippen LogP contribution in [0.5, 0.6) is 0 Å². The SMILES string of the molecule is Cc1ccccc1CC(=O)N1CCN(Cc2ccccn2)CC1. The van der Waals surface area contributed by atoms with Crippen molar-refractivity contribution in [2.45, 2.75) is 19.9 Å². The second-order valence-electron chi connectivity index (χ2n) is 6.08. The standard InChI is InChI=1S/C19H23N3O/c1-16-6-2-3-7-17(16)14-19(23)22-12-10-21(11-13-22)15-18-8-4-5-9-20-18/h2-9H,10-15H2,1H3. The van der Waals surface area contributed by atoms with Gasteiger partial charge in [-0.2, -0.15) is 0 Å². The normalized spacial score (nSPS) is 15.6. The van der Waals surface area contributed by atoms with E-state index < -0.39 is 0 Å². The van der Waals surface area contributed by atoms with Crippen molar-refractivity contribution >= 4 is 5.91 Å². The zero-order valence-electron chi connectivity index (χ0n) is 13.6. The lowest BCUT2D eigenvalue weighted by Crippen LogP contribution is -2.48. The largest absolute Gasteiger partial charge is 0.340 e. The molecule has 3 rings (SSSR count). The third-order valence-electron chi connectivity index (χ3n) is 4.44. The molecule has 4 heteroatoms. The molecule has 0 aliphatic carbocycles. The Labute approximate surface area is 137 Å². The van der Waals surface area contributed by atoms with Crippen molar-refractivity contribution in [3.63, 3.8) is 0 Å². The van der Waals surface area contributed by atoms with Gasteiger partial charge in [0, 0.05) is 38.9 Å². The Morgan fingerprint density at radius 2 is 1.78 bits per heavy atom. The summed E-state index contributed by atoms with van der Waals surface area (Å²) in [6.07, 6.45) is 2.34. The number of nitrogens with zero attached hydrogens (tertiary/aromatic N) is 3. The molecule has 23 heavy (non-hydrogen) atoms. The Hall–Kier alpha value is -2.20. The molecule has 1 aliphatic rings. The van der Waals surface area contributed by atoms with Gasteiger partial charge in [0.15, 0.2) is 0 Å². The van der Waals surface area contributed by atoms with E-state index in [1.54, 1.807) is 0 Å². The Balaban J connectivity index is 1.50. The van der Waals surface area contributed by atoms with Gasteiger partial charge in [-0.25, -0.2) is 0 Å². The third kappa shape index (κ3) is 4.17. The number of hydrogen-bond acceptors (Lipinski definition) is 3. The molecule has 1 fully saturated rings. The molecule has 1 aromatic heterocycles. The molecule has 1 saturated heterocycles. The average Bonchev–Trinajstić information content (AvgIpc) is 2.58. The zero-order chi connectivity index (χ0) is 16.1. The Morgan fingerprint density at radius 1 is 1.04 bits per heavy atom. The maximum Gasteiger partial charge on any atom is 0.227 e. The van der Waals surface area contributed by atoms with Gasteiger partial charge in [0.1, 0.15) is 0 Å². The monoisotopic (exact) mass is 309 g/mol. The summed E-state index contributed by atoms with van der Waals surface area (Å²) in [5, 5.41) is 0. The first-order chi connectivity index (χ1) is 11.2. The van der Waals surface area contributed by atoms with Crippen LogP contribution in [-0.4, -0.2) is 46.9 Å². The summed E-state index contributed by atoms with van der Waals surface area (Å²) in [6.45, 7) is 6.36. The molecule has 0 unspecified atom stereocenters. The highest BCUT2D eigenvalue weighted by atomic mass is 16.2. The summed E-state index contributed by atoms with van der Waals surface area (Å²) in [4.78, 5) is 21.2. The van der Waals surface area contributed by atoms with Crippen LogP contribution in [0.2, 0.25) is 0 Å². The lowest BCUT2D eigenvalue weighted by Gasteiger charge is -2.34. The van der Waals surface area contributed by atoms with Gasteiger partial charge < -0.3 is 4.90 Å². The molecule has 0 atom stereocenters. The van der Waals surface area contributed by atoms with E-state index in [-0.39, 0.29) is 5.91 Å². The van der Waals surface area contributed by atoms with E-state index in [4.69, 9.17) is 0 Å². The van der Waals surface area contributed by atoms with Crippen molar-refractivity contribution in [3.8, 4) is 0 Å². The highest BCUT2D eigenvalue weighted by Gasteiger charge is 2.21. The molecule has 0 bridgehead atoms. The Bertz CT molecular complexity index is 649. The minimum Gasteiger partial charge on any atom is -0.340 e. The highest BCUT2D eigenvalue weighted by molar-refractivity contribution is 5.79. The van der Waals surface area contributed by atoms with Gasteiger partial charge in [-0.1, -0.05) is 30.3 Å². The van der Waals surface area contributed by atoms with Gasteiger partial charge in [-0.3, -0.25) is 14.7 Å². The van der Waals surface area contributed by atoms with Crippen LogP contribution < -0.4 is 0 Å². The topological polar surface area (TPSA) is 36.4 Å². The van der Waals surface area contributed by atoms with E-state index in [0.29, 0.717) is 6.42 Å². The molecule has 1 aromatic carbocycles. The van der Waals surface area contributed by atoms with Gasteiger partial charge >= 0.3 is 0 Å². The lowest BCUT2D eigenvalue weighted by atomic mass is 10.1. The summed E-state index contributed by atoms with van der Waals surface area (Å²) >= 11 is 0. The molecule has 2 aromatic rings. The maximum absolute atomic E-state index is 12.5. The second kappa shape index (κ2) is 7.38. The molecule has 0 spiro atoms. The minimum absolute atomic E-state index is 0.233. The van der Waals surface area contributed by atoms with E-state index in [0.717, 1.165) is 44.0 Å². The molecule has 0 N–H and O–H groups in total. The summed E-state index contributed by atoms with van der Waals surface area (Å²) < 4.78 is 0.